The molecule has 1 amide bonds. The molecule has 1 saturated heterocycles. The zero-order valence-electron chi connectivity index (χ0n) is 12.3. The lowest BCUT2D eigenvalue weighted by molar-refractivity contribution is -0.113. The molecule has 1 fully saturated rings. The maximum Gasteiger partial charge on any atom is 0.494 e. The Morgan fingerprint density at radius 1 is 1.10 bits per heavy atom. The number of carbonyl (C=O) groups is 1. The van der Waals surface area contributed by atoms with Crippen LogP contribution in [-0.4, -0.2) is 24.2 Å². The van der Waals surface area contributed by atoms with Gasteiger partial charge in [-0.05, 0) is 44.8 Å². The standard InChI is InChI=1S/C15H20BNO3/c1-14(2)15(3,4)20-16(19-14)12-8-5-11(6-9-12)7-10-13(17)18/h5-10H,1-4H3,(H2,17,18). The highest BCUT2D eigenvalue weighted by molar-refractivity contribution is 6.62. The molecule has 1 aromatic carbocycles. The lowest BCUT2D eigenvalue weighted by Crippen LogP contribution is -2.41. The van der Waals surface area contributed by atoms with Gasteiger partial charge in [-0.3, -0.25) is 4.79 Å². The third-order valence-electron chi connectivity index (χ3n) is 3.90. The second-order valence-corrected chi connectivity index (χ2v) is 5.99. The van der Waals surface area contributed by atoms with Crippen molar-refractivity contribution < 1.29 is 14.1 Å². The first-order chi connectivity index (χ1) is 9.21. The minimum absolute atomic E-state index is 0.345. The molecule has 1 aliphatic heterocycles. The van der Waals surface area contributed by atoms with E-state index < -0.39 is 5.91 Å². The van der Waals surface area contributed by atoms with Crippen molar-refractivity contribution in [2.45, 2.75) is 38.9 Å². The molecule has 0 unspecified atom stereocenters. The molecular weight excluding hydrogens is 253 g/mol. The van der Waals surface area contributed by atoms with Crippen LogP contribution in [0.3, 0.4) is 0 Å². The average molecular weight is 273 g/mol. The van der Waals surface area contributed by atoms with E-state index in [1.165, 1.54) is 6.08 Å². The molecule has 0 aliphatic carbocycles. The van der Waals surface area contributed by atoms with Crippen LogP contribution in [0.5, 0.6) is 0 Å². The van der Waals surface area contributed by atoms with Crippen molar-refractivity contribution >= 4 is 24.6 Å². The SMILES string of the molecule is CC1(C)OB(c2ccc(C=CC(N)=O)cc2)OC1(C)C. The van der Waals surface area contributed by atoms with Gasteiger partial charge in [0.05, 0.1) is 11.2 Å². The Hall–Kier alpha value is -1.59. The van der Waals surface area contributed by atoms with Gasteiger partial charge in [0.1, 0.15) is 0 Å². The van der Waals surface area contributed by atoms with Crippen molar-refractivity contribution in [1.29, 1.82) is 0 Å². The molecule has 5 heteroatoms. The summed E-state index contributed by atoms with van der Waals surface area (Å²) < 4.78 is 11.9. The molecule has 2 N–H and O–H groups in total. The Morgan fingerprint density at radius 2 is 1.60 bits per heavy atom. The van der Waals surface area contributed by atoms with Gasteiger partial charge in [-0.1, -0.05) is 24.3 Å². The van der Waals surface area contributed by atoms with Gasteiger partial charge in [-0.15, -0.1) is 0 Å². The quantitative estimate of drug-likeness (QED) is 0.670. The Balaban J connectivity index is 2.14. The monoisotopic (exact) mass is 273 g/mol. The topological polar surface area (TPSA) is 61.5 Å². The second-order valence-electron chi connectivity index (χ2n) is 5.99. The lowest BCUT2D eigenvalue weighted by Gasteiger charge is -2.32. The van der Waals surface area contributed by atoms with Gasteiger partial charge in [0.2, 0.25) is 5.91 Å². The number of primary amides is 1. The van der Waals surface area contributed by atoms with Gasteiger partial charge in [-0.2, -0.15) is 0 Å². The second kappa shape index (κ2) is 5.07. The minimum Gasteiger partial charge on any atom is -0.399 e. The summed E-state index contributed by atoms with van der Waals surface area (Å²) in [5.74, 6) is -0.458. The number of rotatable bonds is 3. The van der Waals surface area contributed by atoms with Gasteiger partial charge in [0, 0.05) is 6.08 Å². The van der Waals surface area contributed by atoms with E-state index in [0.29, 0.717) is 0 Å². The fourth-order valence-corrected chi connectivity index (χ4v) is 1.92. The molecule has 1 aromatic rings. The maximum absolute atomic E-state index is 10.7. The zero-order valence-corrected chi connectivity index (χ0v) is 12.3. The normalized spacial score (nSPS) is 20.5. The molecule has 0 saturated carbocycles. The summed E-state index contributed by atoms with van der Waals surface area (Å²) in [5, 5.41) is 0. The van der Waals surface area contributed by atoms with Crippen molar-refractivity contribution in [3.8, 4) is 0 Å². The van der Waals surface area contributed by atoms with E-state index in [2.05, 4.69) is 0 Å². The van der Waals surface area contributed by atoms with E-state index in [1.807, 2.05) is 52.0 Å². The van der Waals surface area contributed by atoms with E-state index in [-0.39, 0.29) is 18.3 Å². The zero-order chi connectivity index (χ0) is 15.0. The van der Waals surface area contributed by atoms with Crippen LogP contribution in [0.15, 0.2) is 30.3 Å². The Bertz CT molecular complexity index is 519. The summed E-state index contributed by atoms with van der Waals surface area (Å²) in [7, 11) is -0.367. The molecule has 0 atom stereocenters. The molecule has 0 radical (unpaired) electrons. The van der Waals surface area contributed by atoms with E-state index in [0.717, 1.165) is 11.0 Å². The van der Waals surface area contributed by atoms with E-state index in [9.17, 15) is 4.79 Å². The van der Waals surface area contributed by atoms with Gasteiger partial charge in [-0.25, -0.2) is 0 Å². The van der Waals surface area contributed by atoms with Crippen LogP contribution in [-0.2, 0) is 14.1 Å². The van der Waals surface area contributed by atoms with Crippen LogP contribution in [0.1, 0.15) is 33.3 Å². The number of benzene rings is 1. The fraction of sp³-hybridized carbons (Fsp3) is 0.400. The van der Waals surface area contributed by atoms with Crippen molar-refractivity contribution in [2.24, 2.45) is 5.73 Å². The molecule has 0 aromatic heterocycles. The van der Waals surface area contributed by atoms with Crippen molar-refractivity contribution in [3.05, 3.63) is 35.9 Å². The molecular formula is C15H20BNO3. The highest BCUT2D eigenvalue weighted by atomic mass is 16.7. The maximum atomic E-state index is 10.7. The summed E-state index contributed by atoms with van der Waals surface area (Å²) >= 11 is 0. The highest BCUT2D eigenvalue weighted by Gasteiger charge is 2.51. The van der Waals surface area contributed by atoms with Crippen molar-refractivity contribution in [3.63, 3.8) is 0 Å². The first kappa shape index (κ1) is 14.8. The average Bonchev–Trinajstić information content (AvgIpc) is 2.56. The number of hydrogen-bond donors (Lipinski definition) is 1. The fourth-order valence-electron chi connectivity index (χ4n) is 1.92. The van der Waals surface area contributed by atoms with Crippen LogP contribution in [0.25, 0.3) is 6.08 Å². The number of carbonyl (C=O) groups excluding carboxylic acids is 1. The van der Waals surface area contributed by atoms with Crippen LogP contribution in [0.4, 0.5) is 0 Å². The van der Waals surface area contributed by atoms with Crippen LogP contribution < -0.4 is 11.2 Å². The van der Waals surface area contributed by atoms with Crippen LogP contribution in [0, 0.1) is 0 Å². The van der Waals surface area contributed by atoms with E-state index in [1.54, 1.807) is 6.08 Å². The molecule has 0 spiro atoms. The third-order valence-corrected chi connectivity index (χ3v) is 3.90. The lowest BCUT2D eigenvalue weighted by atomic mass is 9.79. The highest BCUT2D eigenvalue weighted by Crippen LogP contribution is 2.36. The van der Waals surface area contributed by atoms with Gasteiger partial charge in [0.15, 0.2) is 0 Å². The molecule has 20 heavy (non-hydrogen) atoms. The summed E-state index contributed by atoms with van der Waals surface area (Å²) in [6.07, 6.45) is 3.01. The Morgan fingerprint density at radius 3 is 2.05 bits per heavy atom. The number of hydrogen-bond acceptors (Lipinski definition) is 3. The molecule has 1 aliphatic rings. The number of amides is 1. The Labute approximate surface area is 120 Å². The first-order valence-electron chi connectivity index (χ1n) is 6.64. The largest absolute Gasteiger partial charge is 0.494 e. The third kappa shape index (κ3) is 2.94. The summed E-state index contributed by atoms with van der Waals surface area (Å²) in [5.41, 5.74) is 6.24. The van der Waals surface area contributed by atoms with Gasteiger partial charge < -0.3 is 15.0 Å². The van der Waals surface area contributed by atoms with Crippen LogP contribution >= 0.6 is 0 Å². The van der Waals surface area contributed by atoms with Crippen molar-refractivity contribution in [2.75, 3.05) is 0 Å². The van der Waals surface area contributed by atoms with E-state index >= 15 is 0 Å². The molecule has 2 rings (SSSR count). The smallest absolute Gasteiger partial charge is 0.399 e. The summed E-state index contributed by atoms with van der Waals surface area (Å²) in [6, 6.07) is 7.67. The first-order valence-corrected chi connectivity index (χ1v) is 6.64. The summed E-state index contributed by atoms with van der Waals surface area (Å²) in [4.78, 5) is 10.7. The van der Waals surface area contributed by atoms with Crippen LogP contribution in [0.2, 0.25) is 0 Å². The van der Waals surface area contributed by atoms with Crippen molar-refractivity contribution in [1.82, 2.24) is 0 Å². The molecule has 106 valence electrons. The molecule has 0 bridgehead atoms. The van der Waals surface area contributed by atoms with Gasteiger partial charge >= 0.3 is 7.12 Å². The van der Waals surface area contributed by atoms with Gasteiger partial charge in [0.25, 0.3) is 0 Å². The molecule has 1 heterocycles. The minimum atomic E-state index is -0.458. The Kier molecular flexibility index (Phi) is 3.76. The predicted octanol–water partition coefficient (Wildman–Crippen LogP) is 1.48. The molecule has 4 nitrogen and oxygen atoms in total. The predicted molar refractivity (Wildman–Crippen MR) is 80.4 cm³/mol. The van der Waals surface area contributed by atoms with E-state index in [4.69, 9.17) is 15.0 Å². The summed E-state index contributed by atoms with van der Waals surface area (Å²) in [6.45, 7) is 8.10. The number of nitrogens with two attached hydrogens (primary N) is 1.